The largest absolute Gasteiger partial charge is 0.344 e. The first kappa shape index (κ1) is 23.4. The number of aryl methyl sites for hydroxylation is 5. The van der Waals surface area contributed by atoms with Crippen LogP contribution in [0.2, 0.25) is 0 Å². The van der Waals surface area contributed by atoms with Crippen LogP contribution in [0, 0.1) is 0 Å². The number of aromatic nitrogens is 3. The van der Waals surface area contributed by atoms with Crippen LogP contribution in [0.4, 0.5) is 0 Å². The molecule has 0 saturated heterocycles. The highest BCUT2D eigenvalue weighted by atomic mass is 15.0. The molecule has 0 saturated carbocycles. The molecule has 0 unspecified atom stereocenters. The predicted molar refractivity (Wildman–Crippen MR) is 164 cm³/mol. The molecule has 0 radical (unpaired) electrons. The monoisotopic (exact) mass is 519 g/mol. The Morgan fingerprint density at radius 3 is 2.33 bits per heavy atom. The summed E-state index contributed by atoms with van der Waals surface area (Å²) >= 11 is 0. The summed E-state index contributed by atoms with van der Waals surface area (Å²) in [6.07, 6.45) is 11.4. The van der Waals surface area contributed by atoms with Gasteiger partial charge in [0, 0.05) is 65.6 Å². The number of hydrogen-bond donors (Lipinski definition) is 0. The number of benzene rings is 3. The third-order valence-electron chi connectivity index (χ3n) is 8.99. The maximum atomic E-state index is 2.61. The van der Waals surface area contributed by atoms with Gasteiger partial charge < -0.3 is 4.57 Å². The van der Waals surface area contributed by atoms with E-state index in [9.17, 15) is 0 Å². The van der Waals surface area contributed by atoms with Crippen LogP contribution in [0.25, 0.3) is 56.5 Å². The maximum Gasteiger partial charge on any atom is 0.221 e. The van der Waals surface area contributed by atoms with Gasteiger partial charge in [0.05, 0.1) is 11.1 Å². The normalized spacial score (nSPS) is 14.4. The number of hydrogen-bond acceptors (Lipinski definition) is 0. The standard InChI is InChI=1S/C37H33N3/c1-38-31(25-29-11-2-4-14-32(29)38)20-19-30-24-28-10-3-5-15-33(28)40-23-9-13-27-18-17-26-12-8-22-39-21-7-6-16-34(39)35(26)36(27)37(30)40/h2-7,10-11,14-21,24-25H,8-9,12-13,22-23H2,1H3/q+2. The zero-order chi connectivity index (χ0) is 26.6. The van der Waals surface area contributed by atoms with Crippen molar-refractivity contribution < 1.29 is 9.13 Å². The number of pyridine rings is 2. The second-order valence-corrected chi connectivity index (χ2v) is 11.3. The van der Waals surface area contributed by atoms with E-state index >= 15 is 0 Å². The molecule has 8 rings (SSSR count). The lowest BCUT2D eigenvalue weighted by atomic mass is 9.87. The van der Waals surface area contributed by atoms with Gasteiger partial charge in [0.2, 0.25) is 16.9 Å². The number of nitrogens with zero attached hydrogens (tertiary/aromatic N) is 3. The van der Waals surface area contributed by atoms with Crippen LogP contribution in [0.1, 0.15) is 35.2 Å². The Morgan fingerprint density at radius 2 is 1.45 bits per heavy atom. The summed E-state index contributed by atoms with van der Waals surface area (Å²) in [5.74, 6) is 0. The predicted octanol–water partition coefficient (Wildman–Crippen LogP) is 7.30. The number of para-hydroxylation sites is 2. The van der Waals surface area contributed by atoms with Gasteiger partial charge in [0.15, 0.2) is 6.20 Å². The Labute approximate surface area is 235 Å². The van der Waals surface area contributed by atoms with Gasteiger partial charge in [-0.1, -0.05) is 42.5 Å². The van der Waals surface area contributed by atoms with E-state index in [1.165, 1.54) is 73.1 Å². The fourth-order valence-electron chi connectivity index (χ4n) is 7.09. The molecule has 0 aliphatic carbocycles. The second kappa shape index (κ2) is 9.31. The quantitative estimate of drug-likeness (QED) is 0.213. The number of fused-ring (bicyclic) bond motifs is 10. The Hall–Kier alpha value is -4.50. The summed E-state index contributed by atoms with van der Waals surface area (Å²) in [6, 6.07) is 33.8. The van der Waals surface area contributed by atoms with Gasteiger partial charge in [-0.3, -0.25) is 0 Å². The average Bonchev–Trinajstić information content (AvgIpc) is 3.12. The van der Waals surface area contributed by atoms with E-state index in [0.29, 0.717) is 0 Å². The Balaban J connectivity index is 1.44. The number of rotatable bonds is 2. The van der Waals surface area contributed by atoms with Gasteiger partial charge >= 0.3 is 0 Å². The van der Waals surface area contributed by atoms with Crippen molar-refractivity contribution in [2.45, 2.75) is 38.8 Å². The highest BCUT2D eigenvalue weighted by Crippen LogP contribution is 2.41. The van der Waals surface area contributed by atoms with Gasteiger partial charge in [0.1, 0.15) is 13.1 Å². The molecule has 40 heavy (non-hydrogen) atoms. The van der Waals surface area contributed by atoms with Crippen molar-refractivity contribution >= 4 is 34.0 Å². The van der Waals surface area contributed by atoms with E-state index in [0.717, 1.165) is 32.4 Å². The van der Waals surface area contributed by atoms with Gasteiger partial charge in [-0.05, 0) is 66.5 Å². The van der Waals surface area contributed by atoms with Crippen LogP contribution in [0.3, 0.4) is 0 Å². The molecule has 3 heteroatoms. The summed E-state index contributed by atoms with van der Waals surface area (Å²) < 4.78 is 7.37. The first-order valence-electron chi connectivity index (χ1n) is 14.6. The Morgan fingerprint density at radius 1 is 0.700 bits per heavy atom. The van der Waals surface area contributed by atoms with Crippen molar-refractivity contribution in [3.05, 3.63) is 120 Å². The van der Waals surface area contributed by atoms with Crippen molar-refractivity contribution in [2.75, 3.05) is 0 Å². The van der Waals surface area contributed by atoms with Crippen LogP contribution < -0.4 is 9.13 Å². The van der Waals surface area contributed by atoms with E-state index in [2.05, 4.69) is 130 Å². The van der Waals surface area contributed by atoms with E-state index in [4.69, 9.17) is 0 Å². The molecule has 194 valence electrons. The van der Waals surface area contributed by atoms with E-state index in [-0.39, 0.29) is 0 Å². The van der Waals surface area contributed by atoms with Gasteiger partial charge in [0.25, 0.3) is 0 Å². The van der Waals surface area contributed by atoms with Crippen molar-refractivity contribution in [3.8, 4) is 22.5 Å². The summed E-state index contributed by atoms with van der Waals surface area (Å²) in [5.41, 5.74) is 13.6. The van der Waals surface area contributed by atoms with Crippen LogP contribution in [-0.2, 0) is 33.0 Å². The topological polar surface area (TPSA) is 12.7 Å². The molecule has 6 aromatic rings. The van der Waals surface area contributed by atoms with Crippen LogP contribution >= 0.6 is 0 Å². The Bertz CT molecular complexity index is 1970. The first-order valence-corrected chi connectivity index (χ1v) is 14.6. The smallest absolute Gasteiger partial charge is 0.221 e. The summed E-state index contributed by atoms with van der Waals surface area (Å²) in [5, 5.41) is 2.57. The van der Waals surface area contributed by atoms with Gasteiger partial charge in [-0.2, -0.15) is 9.13 Å². The third kappa shape index (κ3) is 3.65. The molecule has 3 nitrogen and oxygen atoms in total. The molecular weight excluding hydrogens is 486 g/mol. The molecule has 5 heterocycles. The Kier molecular flexibility index (Phi) is 5.44. The molecule has 2 aliphatic rings. The molecule has 0 fully saturated rings. The lowest BCUT2D eigenvalue weighted by Crippen LogP contribution is -2.38. The summed E-state index contributed by atoms with van der Waals surface area (Å²) in [7, 11) is 2.17. The van der Waals surface area contributed by atoms with E-state index in [1.54, 1.807) is 0 Å². The molecule has 3 aromatic carbocycles. The van der Waals surface area contributed by atoms with Gasteiger partial charge in [-0.15, -0.1) is 0 Å². The lowest BCUT2D eigenvalue weighted by molar-refractivity contribution is -0.686. The second-order valence-electron chi connectivity index (χ2n) is 11.3. The van der Waals surface area contributed by atoms with Crippen molar-refractivity contribution in [2.24, 2.45) is 7.05 Å². The summed E-state index contributed by atoms with van der Waals surface area (Å²) in [4.78, 5) is 0. The van der Waals surface area contributed by atoms with Gasteiger partial charge in [-0.25, -0.2) is 0 Å². The maximum absolute atomic E-state index is 2.61. The highest BCUT2D eigenvalue weighted by molar-refractivity contribution is 5.93. The highest BCUT2D eigenvalue weighted by Gasteiger charge is 2.33. The zero-order valence-corrected chi connectivity index (χ0v) is 23.0. The van der Waals surface area contributed by atoms with Crippen LogP contribution in [-0.4, -0.2) is 4.57 Å². The lowest BCUT2D eigenvalue weighted by Gasteiger charge is -2.16. The fraction of sp³-hybridized carbons (Fsp3) is 0.189. The van der Waals surface area contributed by atoms with E-state index in [1.807, 2.05) is 0 Å². The molecule has 0 bridgehead atoms. The zero-order valence-electron chi connectivity index (χ0n) is 23.0. The third-order valence-corrected chi connectivity index (χ3v) is 8.99. The minimum atomic E-state index is 1.02. The minimum absolute atomic E-state index is 1.02. The SMILES string of the molecule is Cn1c(/C=C/c2cc3ccccc3[n+]3c2-c2c(ccc4c2-c2cccc[n+]2CCC4)CCC3)cc2ccccc21. The van der Waals surface area contributed by atoms with Crippen molar-refractivity contribution in [1.29, 1.82) is 0 Å². The van der Waals surface area contributed by atoms with E-state index < -0.39 is 0 Å². The molecule has 0 N–H and O–H groups in total. The minimum Gasteiger partial charge on any atom is -0.344 e. The fourth-order valence-corrected chi connectivity index (χ4v) is 7.09. The molecular formula is C37H33N3+2. The average molecular weight is 520 g/mol. The summed E-state index contributed by atoms with van der Waals surface area (Å²) in [6.45, 7) is 2.08. The molecule has 3 aromatic heterocycles. The first-order chi connectivity index (χ1) is 19.8. The van der Waals surface area contributed by atoms with Crippen LogP contribution in [0.15, 0.2) is 97.2 Å². The molecule has 0 amide bonds. The molecule has 0 spiro atoms. The molecule has 2 aliphatic heterocycles. The molecule has 0 atom stereocenters. The van der Waals surface area contributed by atoms with Crippen molar-refractivity contribution in [3.63, 3.8) is 0 Å². The van der Waals surface area contributed by atoms with Crippen molar-refractivity contribution in [1.82, 2.24) is 4.57 Å². The van der Waals surface area contributed by atoms with Crippen LogP contribution in [0.5, 0.6) is 0 Å².